The van der Waals surface area contributed by atoms with Crippen LogP contribution in [0.5, 0.6) is 0 Å². The molecule has 2 unspecified atom stereocenters. The SMILES string of the molecule is CC1(C)CC(CN)CCC(C(=O)OI)C(C)(C)C1. The van der Waals surface area contributed by atoms with E-state index in [9.17, 15) is 4.79 Å². The monoisotopic (exact) mass is 367 g/mol. The van der Waals surface area contributed by atoms with Crippen LogP contribution in [0.25, 0.3) is 0 Å². The summed E-state index contributed by atoms with van der Waals surface area (Å²) in [7, 11) is 0. The van der Waals surface area contributed by atoms with Crippen LogP contribution in [-0.4, -0.2) is 12.5 Å². The standard InChI is InChI=1S/C14H26INO2/c1-13(2)7-10(8-16)5-6-11(12(17)18-15)14(3,4)9-13/h10-11H,5-9,16H2,1-4H3. The van der Waals surface area contributed by atoms with E-state index in [1.54, 1.807) is 23.0 Å². The van der Waals surface area contributed by atoms with Crippen molar-refractivity contribution >= 4 is 29.0 Å². The van der Waals surface area contributed by atoms with E-state index in [0.29, 0.717) is 5.92 Å². The maximum atomic E-state index is 12.0. The lowest BCUT2D eigenvalue weighted by Crippen LogP contribution is -2.39. The van der Waals surface area contributed by atoms with E-state index in [-0.39, 0.29) is 22.7 Å². The van der Waals surface area contributed by atoms with Crippen molar-refractivity contribution in [3.05, 3.63) is 0 Å². The Kier molecular flexibility index (Phi) is 5.47. The van der Waals surface area contributed by atoms with E-state index in [0.717, 1.165) is 32.2 Å². The van der Waals surface area contributed by atoms with Gasteiger partial charge in [-0.25, -0.2) is 0 Å². The minimum Gasteiger partial charge on any atom is -0.394 e. The molecule has 1 fully saturated rings. The molecule has 0 bridgehead atoms. The highest BCUT2D eigenvalue weighted by molar-refractivity contribution is 14.1. The molecule has 0 amide bonds. The summed E-state index contributed by atoms with van der Waals surface area (Å²) < 4.78 is 4.96. The minimum atomic E-state index is -0.0749. The minimum absolute atomic E-state index is 0.00861. The van der Waals surface area contributed by atoms with Crippen LogP contribution in [0.15, 0.2) is 0 Å². The quantitative estimate of drug-likeness (QED) is 0.758. The zero-order valence-corrected chi connectivity index (χ0v) is 14.1. The second-order valence-corrected chi connectivity index (χ2v) is 7.60. The molecule has 2 N–H and O–H groups in total. The fourth-order valence-electron chi connectivity index (χ4n) is 3.80. The molecular weight excluding hydrogens is 341 g/mol. The number of carbonyl (C=O) groups is 1. The van der Waals surface area contributed by atoms with Gasteiger partial charge in [-0.15, -0.1) is 0 Å². The molecule has 0 aromatic rings. The van der Waals surface area contributed by atoms with Crippen LogP contribution in [0.4, 0.5) is 0 Å². The third-order valence-electron chi connectivity index (χ3n) is 4.28. The van der Waals surface area contributed by atoms with Crippen molar-refractivity contribution in [3.8, 4) is 0 Å². The molecule has 1 aliphatic rings. The van der Waals surface area contributed by atoms with Gasteiger partial charge in [0.05, 0.1) is 5.92 Å². The van der Waals surface area contributed by atoms with Gasteiger partial charge in [0.2, 0.25) is 0 Å². The van der Waals surface area contributed by atoms with Gasteiger partial charge in [0.25, 0.3) is 0 Å². The summed E-state index contributed by atoms with van der Waals surface area (Å²) in [6.45, 7) is 9.67. The maximum absolute atomic E-state index is 12.0. The highest BCUT2D eigenvalue weighted by atomic mass is 127. The van der Waals surface area contributed by atoms with Crippen LogP contribution in [0.2, 0.25) is 0 Å². The Hall–Kier alpha value is 0.160. The Morgan fingerprint density at radius 1 is 1.33 bits per heavy atom. The van der Waals surface area contributed by atoms with Crippen molar-refractivity contribution in [2.75, 3.05) is 6.54 Å². The molecule has 0 spiro atoms. The van der Waals surface area contributed by atoms with E-state index in [4.69, 9.17) is 8.80 Å². The Morgan fingerprint density at radius 2 is 1.94 bits per heavy atom. The lowest BCUT2D eigenvalue weighted by Gasteiger charge is -2.43. The number of carbonyl (C=O) groups excluding carboxylic acids is 1. The van der Waals surface area contributed by atoms with Gasteiger partial charge in [0, 0.05) is 0 Å². The van der Waals surface area contributed by atoms with Crippen molar-refractivity contribution in [3.63, 3.8) is 0 Å². The molecule has 1 rings (SSSR count). The lowest BCUT2D eigenvalue weighted by atomic mass is 9.62. The van der Waals surface area contributed by atoms with Gasteiger partial charge in [-0.05, 0) is 49.0 Å². The van der Waals surface area contributed by atoms with Crippen molar-refractivity contribution in [2.45, 2.75) is 53.4 Å². The van der Waals surface area contributed by atoms with E-state index in [1.165, 1.54) is 0 Å². The predicted octanol–water partition coefficient (Wildman–Crippen LogP) is 3.70. The molecule has 0 heterocycles. The van der Waals surface area contributed by atoms with E-state index < -0.39 is 0 Å². The average Bonchev–Trinajstić information content (AvgIpc) is 2.23. The van der Waals surface area contributed by atoms with Gasteiger partial charge in [-0.1, -0.05) is 27.7 Å². The number of rotatable bonds is 2. The van der Waals surface area contributed by atoms with Crippen LogP contribution in [0, 0.1) is 22.7 Å². The van der Waals surface area contributed by atoms with E-state index in [2.05, 4.69) is 27.7 Å². The van der Waals surface area contributed by atoms with Gasteiger partial charge >= 0.3 is 5.97 Å². The average molecular weight is 367 g/mol. The Morgan fingerprint density at radius 3 is 2.44 bits per heavy atom. The molecule has 106 valence electrons. The van der Waals surface area contributed by atoms with E-state index in [1.807, 2.05) is 0 Å². The number of hydrogen-bond acceptors (Lipinski definition) is 3. The molecule has 1 aliphatic carbocycles. The second-order valence-electron chi connectivity index (χ2n) is 7.16. The molecule has 4 heteroatoms. The first-order valence-corrected chi connectivity index (χ1v) is 7.62. The first-order chi connectivity index (χ1) is 8.22. The predicted molar refractivity (Wildman–Crippen MR) is 82.2 cm³/mol. The molecule has 0 saturated heterocycles. The third kappa shape index (κ3) is 4.08. The molecule has 18 heavy (non-hydrogen) atoms. The first kappa shape index (κ1) is 16.2. The molecule has 2 atom stereocenters. The molecule has 0 radical (unpaired) electrons. The van der Waals surface area contributed by atoms with Crippen LogP contribution in [0.3, 0.4) is 0 Å². The third-order valence-corrected chi connectivity index (χ3v) is 4.71. The molecule has 0 aromatic heterocycles. The summed E-state index contributed by atoms with van der Waals surface area (Å²) in [6, 6.07) is 0. The fraction of sp³-hybridized carbons (Fsp3) is 0.929. The van der Waals surface area contributed by atoms with E-state index >= 15 is 0 Å². The maximum Gasteiger partial charge on any atom is 0.318 e. The zero-order valence-electron chi connectivity index (χ0n) is 12.0. The topological polar surface area (TPSA) is 52.3 Å². The summed E-state index contributed by atoms with van der Waals surface area (Å²) >= 11 is 1.70. The number of nitrogens with two attached hydrogens (primary N) is 1. The Labute approximate surface area is 125 Å². The van der Waals surface area contributed by atoms with Gasteiger partial charge < -0.3 is 8.80 Å². The first-order valence-electron chi connectivity index (χ1n) is 6.74. The van der Waals surface area contributed by atoms with Crippen LogP contribution in [-0.2, 0) is 7.86 Å². The zero-order chi connectivity index (χ0) is 14.0. The second kappa shape index (κ2) is 6.07. The smallest absolute Gasteiger partial charge is 0.318 e. The molecule has 3 nitrogen and oxygen atoms in total. The summed E-state index contributed by atoms with van der Waals surface area (Å²) in [5.41, 5.74) is 6.07. The van der Waals surface area contributed by atoms with Gasteiger partial charge in [0.1, 0.15) is 0 Å². The normalized spacial score (nSPS) is 31.2. The van der Waals surface area contributed by atoms with Crippen molar-refractivity contribution in [1.82, 2.24) is 0 Å². The molecule has 0 aliphatic heterocycles. The van der Waals surface area contributed by atoms with Crippen molar-refractivity contribution in [1.29, 1.82) is 0 Å². The van der Waals surface area contributed by atoms with Gasteiger partial charge in [0.15, 0.2) is 23.0 Å². The Bertz CT molecular complexity index is 302. The van der Waals surface area contributed by atoms with Crippen LogP contribution < -0.4 is 5.73 Å². The van der Waals surface area contributed by atoms with Gasteiger partial charge in [-0.3, -0.25) is 4.79 Å². The highest BCUT2D eigenvalue weighted by Gasteiger charge is 2.42. The number of hydrogen-bond donors (Lipinski definition) is 1. The largest absolute Gasteiger partial charge is 0.394 e. The summed E-state index contributed by atoms with van der Waals surface area (Å²) in [4.78, 5) is 12.0. The van der Waals surface area contributed by atoms with Crippen molar-refractivity contribution < 1.29 is 7.86 Å². The summed E-state index contributed by atoms with van der Waals surface area (Å²) in [5, 5.41) is 0. The molecule has 1 saturated carbocycles. The van der Waals surface area contributed by atoms with Crippen LogP contribution >= 0.6 is 23.0 Å². The molecule has 0 aromatic carbocycles. The fourth-order valence-corrected chi connectivity index (χ4v) is 4.10. The van der Waals surface area contributed by atoms with Crippen LogP contribution in [0.1, 0.15) is 53.4 Å². The van der Waals surface area contributed by atoms with Gasteiger partial charge in [-0.2, -0.15) is 0 Å². The number of halogens is 1. The highest BCUT2D eigenvalue weighted by Crippen LogP contribution is 2.47. The summed E-state index contributed by atoms with van der Waals surface area (Å²) in [6.07, 6.45) is 4.11. The Balaban J connectivity index is 2.95. The molecular formula is C14H26INO2. The summed E-state index contributed by atoms with van der Waals surface area (Å²) in [5.74, 6) is 0.442. The lowest BCUT2D eigenvalue weighted by molar-refractivity contribution is -0.141. The van der Waals surface area contributed by atoms with Crippen molar-refractivity contribution in [2.24, 2.45) is 28.4 Å².